The number of sulfone groups is 1. The largest absolute Gasteiger partial charge is 0.323 e. The first-order valence-corrected chi connectivity index (χ1v) is 8.69. The van der Waals surface area contributed by atoms with Crippen LogP contribution >= 0.6 is 23.2 Å². The van der Waals surface area contributed by atoms with Crippen molar-refractivity contribution in [2.24, 2.45) is 0 Å². The number of alkyl halides is 1. The van der Waals surface area contributed by atoms with Gasteiger partial charge in [0.25, 0.3) is 0 Å². The third kappa shape index (κ3) is 3.22. The van der Waals surface area contributed by atoms with Crippen LogP contribution in [-0.2, 0) is 15.7 Å². The summed E-state index contributed by atoms with van der Waals surface area (Å²) < 4.78 is 24.7. The number of rotatable bonds is 4. The average molecular weight is 321 g/mol. The van der Waals surface area contributed by atoms with Crippen molar-refractivity contribution < 1.29 is 8.42 Å². The summed E-state index contributed by atoms with van der Waals surface area (Å²) in [5.74, 6) is 0.907. The highest BCUT2D eigenvalue weighted by molar-refractivity contribution is 7.90. The smallest absolute Gasteiger partial charge is 0.149 e. The van der Waals surface area contributed by atoms with E-state index in [1.165, 1.54) is 6.26 Å². The van der Waals surface area contributed by atoms with E-state index in [1.807, 2.05) is 11.5 Å². The van der Waals surface area contributed by atoms with Crippen LogP contribution in [0.3, 0.4) is 0 Å². The van der Waals surface area contributed by atoms with E-state index in [0.717, 1.165) is 11.0 Å². The molecule has 0 amide bonds. The van der Waals surface area contributed by atoms with E-state index in [-0.39, 0.29) is 17.7 Å². The Balaban J connectivity index is 2.59. The molecule has 0 N–H and O–H groups in total. The van der Waals surface area contributed by atoms with Crippen molar-refractivity contribution in [2.45, 2.75) is 18.8 Å². The van der Waals surface area contributed by atoms with Gasteiger partial charge in [-0.25, -0.2) is 13.4 Å². The molecule has 0 saturated heterocycles. The van der Waals surface area contributed by atoms with Crippen LogP contribution < -0.4 is 0 Å². The lowest BCUT2D eigenvalue weighted by Gasteiger charge is -2.16. The van der Waals surface area contributed by atoms with E-state index in [4.69, 9.17) is 23.2 Å². The fourth-order valence-electron chi connectivity index (χ4n) is 2.21. The third-order valence-electron chi connectivity index (χ3n) is 2.83. The van der Waals surface area contributed by atoms with E-state index >= 15 is 0 Å². The van der Waals surface area contributed by atoms with Crippen molar-refractivity contribution in [3.05, 3.63) is 29.0 Å². The molecule has 0 aliphatic heterocycles. The second kappa shape index (κ2) is 5.31. The van der Waals surface area contributed by atoms with E-state index in [2.05, 4.69) is 4.98 Å². The number of benzene rings is 1. The fraction of sp³-hybridized carbons (Fsp3) is 0.417. The van der Waals surface area contributed by atoms with Gasteiger partial charge in [0.05, 0.1) is 22.7 Å². The van der Waals surface area contributed by atoms with Gasteiger partial charge in [-0.1, -0.05) is 11.6 Å². The number of hydrogen-bond donors (Lipinski definition) is 0. The molecule has 2 aromatic rings. The normalized spacial score (nSPS) is 13.9. The van der Waals surface area contributed by atoms with Gasteiger partial charge in [0, 0.05) is 17.3 Å². The Labute approximate surface area is 122 Å². The first-order chi connectivity index (χ1) is 8.81. The predicted molar refractivity (Wildman–Crippen MR) is 78.7 cm³/mol. The van der Waals surface area contributed by atoms with Gasteiger partial charge in [0.1, 0.15) is 15.7 Å². The van der Waals surface area contributed by atoms with Crippen molar-refractivity contribution >= 4 is 44.1 Å². The van der Waals surface area contributed by atoms with E-state index in [1.54, 1.807) is 18.2 Å². The number of aromatic nitrogens is 2. The van der Waals surface area contributed by atoms with Crippen molar-refractivity contribution in [2.75, 3.05) is 12.0 Å². The van der Waals surface area contributed by atoms with Crippen molar-refractivity contribution in [3.63, 3.8) is 0 Å². The summed E-state index contributed by atoms with van der Waals surface area (Å²) in [7, 11) is -3.08. The van der Waals surface area contributed by atoms with Gasteiger partial charge < -0.3 is 4.57 Å². The highest BCUT2D eigenvalue weighted by Crippen LogP contribution is 2.25. The molecule has 19 heavy (non-hydrogen) atoms. The predicted octanol–water partition coefficient (Wildman–Crippen LogP) is 3.03. The number of imidazole rings is 1. The molecule has 104 valence electrons. The van der Waals surface area contributed by atoms with Crippen LogP contribution in [0.1, 0.15) is 18.8 Å². The third-order valence-corrected chi connectivity index (χ3v) is 4.39. The molecule has 0 saturated carbocycles. The number of halogens is 2. The van der Waals surface area contributed by atoms with Crippen LogP contribution in [0.4, 0.5) is 0 Å². The lowest BCUT2D eigenvalue weighted by atomic mass is 10.3. The average Bonchev–Trinajstić information content (AvgIpc) is 2.64. The Morgan fingerprint density at radius 1 is 1.42 bits per heavy atom. The molecule has 2 rings (SSSR count). The molecule has 4 nitrogen and oxygen atoms in total. The van der Waals surface area contributed by atoms with Gasteiger partial charge >= 0.3 is 0 Å². The Bertz CT molecular complexity index is 710. The molecular formula is C12H14Cl2N2O2S. The topological polar surface area (TPSA) is 52.0 Å². The molecular weight excluding hydrogens is 307 g/mol. The number of fused-ring (bicyclic) bond motifs is 1. The molecule has 0 aliphatic rings. The van der Waals surface area contributed by atoms with Gasteiger partial charge in [0.15, 0.2) is 0 Å². The maximum atomic E-state index is 11.4. The quantitative estimate of drug-likeness (QED) is 0.813. The minimum absolute atomic E-state index is 0.0366. The van der Waals surface area contributed by atoms with Gasteiger partial charge in [-0.2, -0.15) is 0 Å². The zero-order chi connectivity index (χ0) is 14.2. The van der Waals surface area contributed by atoms with Crippen LogP contribution in [0.25, 0.3) is 11.0 Å². The summed E-state index contributed by atoms with van der Waals surface area (Å²) in [6, 6.07) is 5.09. The van der Waals surface area contributed by atoms with Crippen molar-refractivity contribution in [1.29, 1.82) is 0 Å². The zero-order valence-electron chi connectivity index (χ0n) is 10.6. The Morgan fingerprint density at radius 2 is 2.11 bits per heavy atom. The van der Waals surface area contributed by atoms with Crippen molar-refractivity contribution in [3.8, 4) is 0 Å². The Kier molecular flexibility index (Phi) is 4.08. The van der Waals surface area contributed by atoms with Crippen LogP contribution in [0, 0.1) is 0 Å². The summed E-state index contributed by atoms with van der Waals surface area (Å²) >= 11 is 11.9. The van der Waals surface area contributed by atoms with Crippen LogP contribution in [0.15, 0.2) is 18.2 Å². The molecule has 0 spiro atoms. The summed E-state index contributed by atoms with van der Waals surface area (Å²) in [6.45, 7) is 1.83. The zero-order valence-corrected chi connectivity index (χ0v) is 12.9. The first kappa shape index (κ1) is 14.6. The molecule has 0 bridgehead atoms. The van der Waals surface area contributed by atoms with Gasteiger partial charge in [-0.15, -0.1) is 11.6 Å². The lowest BCUT2D eigenvalue weighted by molar-refractivity contribution is 0.561. The van der Waals surface area contributed by atoms with Gasteiger partial charge in [-0.05, 0) is 25.1 Å². The van der Waals surface area contributed by atoms with E-state index < -0.39 is 9.84 Å². The molecule has 1 aromatic carbocycles. The second-order valence-corrected chi connectivity index (χ2v) is 7.49. The highest BCUT2D eigenvalue weighted by atomic mass is 35.5. The number of hydrogen-bond acceptors (Lipinski definition) is 3. The molecule has 7 heteroatoms. The fourth-order valence-corrected chi connectivity index (χ4v) is 3.60. The maximum Gasteiger partial charge on any atom is 0.149 e. The monoisotopic (exact) mass is 320 g/mol. The molecule has 0 radical (unpaired) electrons. The minimum Gasteiger partial charge on any atom is -0.323 e. The standard InChI is InChI=1S/C12H14Cl2N2O2S/c1-8(7-19(2,17)18)16-11-5-9(14)3-4-10(11)15-12(16)6-13/h3-5,8H,6-7H2,1-2H3. The van der Waals surface area contributed by atoms with Crippen LogP contribution in [0.2, 0.25) is 5.02 Å². The number of nitrogens with zero attached hydrogens (tertiary/aromatic N) is 2. The summed E-state index contributed by atoms with van der Waals surface area (Å²) in [4.78, 5) is 4.40. The first-order valence-electron chi connectivity index (χ1n) is 5.72. The molecule has 1 atom stereocenters. The van der Waals surface area contributed by atoms with E-state index in [0.29, 0.717) is 10.8 Å². The molecule has 1 heterocycles. The van der Waals surface area contributed by atoms with Gasteiger partial charge in [-0.3, -0.25) is 0 Å². The minimum atomic E-state index is -3.08. The van der Waals surface area contributed by atoms with E-state index in [9.17, 15) is 8.42 Å². The molecule has 1 unspecified atom stereocenters. The van der Waals surface area contributed by atoms with Gasteiger partial charge in [0.2, 0.25) is 0 Å². The molecule has 0 aliphatic carbocycles. The molecule has 1 aromatic heterocycles. The molecule has 0 fully saturated rings. The van der Waals surface area contributed by atoms with Crippen LogP contribution in [-0.4, -0.2) is 30.0 Å². The second-order valence-electron chi connectivity index (χ2n) is 4.61. The lowest BCUT2D eigenvalue weighted by Crippen LogP contribution is -2.18. The summed E-state index contributed by atoms with van der Waals surface area (Å²) in [5.41, 5.74) is 1.57. The summed E-state index contributed by atoms with van der Waals surface area (Å²) in [6.07, 6.45) is 1.22. The summed E-state index contributed by atoms with van der Waals surface area (Å²) in [5, 5.41) is 0.585. The van der Waals surface area contributed by atoms with Crippen molar-refractivity contribution in [1.82, 2.24) is 9.55 Å². The Morgan fingerprint density at radius 3 is 2.68 bits per heavy atom. The highest BCUT2D eigenvalue weighted by Gasteiger charge is 2.19. The van der Waals surface area contributed by atoms with Crippen LogP contribution in [0.5, 0.6) is 0 Å². The Hall–Kier alpha value is -0.780. The SMILES string of the molecule is CC(CS(C)(=O)=O)n1c(CCl)nc2ccc(Cl)cc21. The maximum absolute atomic E-state index is 11.4.